The van der Waals surface area contributed by atoms with Gasteiger partial charge in [-0.05, 0) is 83.9 Å². The smallest absolute Gasteiger partial charge is 0.156 e. The topological polar surface area (TPSA) is 67.0 Å². The molecule has 6 aromatic carbocycles. The number of nitrogens with zero attached hydrogens (tertiary/aromatic N) is 5. The molecule has 9 aromatic rings. The third-order valence-electron chi connectivity index (χ3n) is 11.4. The molecule has 0 N–H and O–H groups in total. The zero-order valence-corrected chi connectivity index (χ0v) is 30.0. The van der Waals surface area contributed by atoms with Gasteiger partial charge in [0.05, 0.1) is 62.2 Å². The molecule has 6 nitrogen and oxygen atoms in total. The zero-order valence-electron chi connectivity index (χ0n) is 29.1. The predicted molar refractivity (Wildman–Crippen MR) is 217 cm³/mol. The number of para-hydroxylation sites is 5. The molecule has 0 saturated carbocycles. The van der Waals surface area contributed by atoms with E-state index >= 15 is 0 Å². The standard InChI is InChI=1S/C48H27N5OS/c49-28-29-23-24-37-31(27-29)30-11-1-2-16-36(30)52(37)40-19-7-12-34-46(40)54-47-35(48(34)32-14-9-25-50-44(32)45-33(48)15-10-26-51-45)13-8-20-41(47)53-38-17-3-5-21-42(38)55-43-22-6-4-18-39(43)53/h1-27H. The van der Waals surface area contributed by atoms with Gasteiger partial charge in [-0.2, -0.15) is 5.26 Å². The zero-order chi connectivity index (χ0) is 36.3. The summed E-state index contributed by atoms with van der Waals surface area (Å²) in [5, 5.41) is 12.0. The lowest BCUT2D eigenvalue weighted by Gasteiger charge is -2.42. The molecule has 1 aliphatic carbocycles. The molecule has 0 bridgehead atoms. The SMILES string of the molecule is N#Cc1ccc2c(c1)c1ccccc1n2-c1cccc2c1Oc1c(N3c4ccccc4Sc4ccccc43)cccc1C21c2cccnc2-c2ncccc21. The van der Waals surface area contributed by atoms with Crippen molar-refractivity contribution < 1.29 is 4.74 Å². The van der Waals surface area contributed by atoms with Gasteiger partial charge in [0, 0.05) is 44.1 Å². The van der Waals surface area contributed by atoms with Gasteiger partial charge in [-0.1, -0.05) is 90.6 Å². The first-order valence-corrected chi connectivity index (χ1v) is 19.0. The van der Waals surface area contributed by atoms with Crippen molar-refractivity contribution in [1.82, 2.24) is 14.5 Å². The van der Waals surface area contributed by atoms with Crippen LogP contribution in [-0.4, -0.2) is 14.5 Å². The van der Waals surface area contributed by atoms with Crippen molar-refractivity contribution in [3.8, 4) is 34.6 Å². The molecule has 7 heteroatoms. The number of aromatic nitrogens is 3. The first-order valence-electron chi connectivity index (χ1n) is 18.2. The Morgan fingerprint density at radius 1 is 0.527 bits per heavy atom. The molecule has 3 aromatic heterocycles. The average molecular weight is 722 g/mol. The number of anilines is 3. The number of ether oxygens (including phenoxy) is 1. The second kappa shape index (κ2) is 11.2. The minimum absolute atomic E-state index is 0.624. The Kier molecular flexibility index (Phi) is 6.17. The van der Waals surface area contributed by atoms with Crippen LogP contribution in [0.25, 0.3) is 38.9 Å². The number of benzene rings is 6. The van der Waals surface area contributed by atoms with Crippen LogP contribution < -0.4 is 9.64 Å². The van der Waals surface area contributed by atoms with Crippen molar-refractivity contribution >= 4 is 50.6 Å². The third kappa shape index (κ3) is 3.93. The highest BCUT2D eigenvalue weighted by atomic mass is 32.2. The molecule has 3 aliphatic rings. The Bertz CT molecular complexity index is 3070. The molecule has 5 heterocycles. The first kappa shape index (κ1) is 30.3. The molecule has 1 spiro atoms. The third-order valence-corrected chi connectivity index (χ3v) is 12.5. The Balaban J connectivity index is 1.23. The molecule has 0 unspecified atom stereocenters. The lowest BCUT2D eigenvalue weighted by atomic mass is 9.66. The van der Waals surface area contributed by atoms with Crippen LogP contribution in [0.2, 0.25) is 0 Å². The molecule has 12 rings (SSSR count). The van der Waals surface area contributed by atoms with E-state index in [1.165, 1.54) is 9.79 Å². The number of pyridine rings is 2. The summed E-state index contributed by atoms with van der Waals surface area (Å²) in [4.78, 5) is 14.7. The largest absolute Gasteiger partial charge is 0.452 e. The fourth-order valence-electron chi connectivity index (χ4n) is 9.24. The van der Waals surface area contributed by atoms with E-state index in [0.717, 1.165) is 89.7 Å². The van der Waals surface area contributed by atoms with Crippen molar-refractivity contribution in [3.63, 3.8) is 0 Å². The maximum absolute atomic E-state index is 9.89. The van der Waals surface area contributed by atoms with Crippen molar-refractivity contribution in [2.24, 2.45) is 0 Å². The summed E-state index contributed by atoms with van der Waals surface area (Å²) in [5.74, 6) is 1.53. The van der Waals surface area contributed by atoms with Gasteiger partial charge in [0.2, 0.25) is 0 Å². The van der Waals surface area contributed by atoms with Crippen molar-refractivity contribution in [1.29, 1.82) is 5.26 Å². The molecular formula is C48H27N5OS. The molecule has 0 amide bonds. The van der Waals surface area contributed by atoms with Crippen LogP contribution in [0, 0.1) is 11.3 Å². The second-order valence-corrected chi connectivity index (χ2v) is 15.1. The fraction of sp³-hybridized carbons (Fsp3) is 0.0208. The maximum atomic E-state index is 9.89. The normalized spacial score (nSPS) is 14.0. The molecule has 55 heavy (non-hydrogen) atoms. The van der Waals surface area contributed by atoms with Crippen molar-refractivity contribution in [3.05, 3.63) is 192 Å². The van der Waals surface area contributed by atoms with Crippen LogP contribution in [0.5, 0.6) is 11.5 Å². The molecule has 2 aliphatic heterocycles. The number of hydrogen-bond acceptors (Lipinski definition) is 6. The highest BCUT2D eigenvalue weighted by Gasteiger charge is 2.53. The van der Waals surface area contributed by atoms with Gasteiger partial charge in [0.15, 0.2) is 11.5 Å². The van der Waals surface area contributed by atoms with E-state index in [4.69, 9.17) is 14.7 Å². The summed E-state index contributed by atoms with van der Waals surface area (Å²) in [7, 11) is 0. The summed E-state index contributed by atoms with van der Waals surface area (Å²) in [6.07, 6.45) is 3.72. The van der Waals surface area contributed by atoms with E-state index in [9.17, 15) is 5.26 Å². The van der Waals surface area contributed by atoms with Crippen LogP contribution in [0.3, 0.4) is 0 Å². The van der Waals surface area contributed by atoms with E-state index in [0.29, 0.717) is 5.56 Å². The van der Waals surface area contributed by atoms with Gasteiger partial charge in [-0.15, -0.1) is 0 Å². The predicted octanol–water partition coefficient (Wildman–Crippen LogP) is 11.8. The Morgan fingerprint density at radius 2 is 1.09 bits per heavy atom. The van der Waals surface area contributed by atoms with Crippen LogP contribution in [0.1, 0.15) is 27.8 Å². The quantitative estimate of drug-likeness (QED) is 0.177. The van der Waals surface area contributed by atoms with Gasteiger partial charge in [0.25, 0.3) is 0 Å². The summed E-state index contributed by atoms with van der Waals surface area (Å²) in [5.41, 5.74) is 11.8. The van der Waals surface area contributed by atoms with E-state index in [-0.39, 0.29) is 0 Å². The highest BCUT2D eigenvalue weighted by Crippen LogP contribution is 2.65. The highest BCUT2D eigenvalue weighted by molar-refractivity contribution is 7.99. The lowest BCUT2D eigenvalue weighted by molar-refractivity contribution is 0.435. The minimum atomic E-state index is -0.793. The molecule has 0 radical (unpaired) electrons. The summed E-state index contributed by atoms with van der Waals surface area (Å²) in [6, 6.07) is 55.4. The van der Waals surface area contributed by atoms with E-state index < -0.39 is 5.41 Å². The van der Waals surface area contributed by atoms with Crippen molar-refractivity contribution in [2.75, 3.05) is 4.90 Å². The number of rotatable bonds is 2. The fourth-order valence-corrected chi connectivity index (χ4v) is 10.3. The monoisotopic (exact) mass is 721 g/mol. The Hall–Kier alpha value is -7.14. The van der Waals surface area contributed by atoms with E-state index in [2.05, 4.69) is 143 Å². The first-order chi connectivity index (χ1) is 27.3. The van der Waals surface area contributed by atoms with Gasteiger partial charge in [-0.3, -0.25) is 9.97 Å². The molecule has 256 valence electrons. The number of hydrogen-bond donors (Lipinski definition) is 0. The minimum Gasteiger partial charge on any atom is -0.452 e. The van der Waals surface area contributed by atoms with E-state index in [1.54, 1.807) is 11.8 Å². The second-order valence-electron chi connectivity index (χ2n) is 14.0. The number of fused-ring (bicyclic) bond motifs is 14. The van der Waals surface area contributed by atoms with Gasteiger partial charge >= 0.3 is 0 Å². The summed E-state index contributed by atoms with van der Waals surface area (Å²) in [6.45, 7) is 0. The molecule has 0 fully saturated rings. The van der Waals surface area contributed by atoms with Gasteiger partial charge < -0.3 is 14.2 Å². The van der Waals surface area contributed by atoms with Crippen LogP contribution in [-0.2, 0) is 5.41 Å². The Morgan fingerprint density at radius 3 is 1.78 bits per heavy atom. The molecule has 0 saturated heterocycles. The summed E-state index contributed by atoms with van der Waals surface area (Å²) >= 11 is 1.79. The van der Waals surface area contributed by atoms with Crippen LogP contribution >= 0.6 is 11.8 Å². The van der Waals surface area contributed by atoms with Gasteiger partial charge in [-0.25, -0.2) is 0 Å². The lowest BCUT2D eigenvalue weighted by Crippen LogP contribution is -2.33. The maximum Gasteiger partial charge on any atom is 0.156 e. The average Bonchev–Trinajstić information content (AvgIpc) is 3.73. The van der Waals surface area contributed by atoms with E-state index in [1.807, 2.05) is 36.7 Å². The van der Waals surface area contributed by atoms with Crippen molar-refractivity contribution in [2.45, 2.75) is 15.2 Å². The van der Waals surface area contributed by atoms with Crippen LogP contribution in [0.4, 0.5) is 17.1 Å². The molecule has 0 atom stereocenters. The van der Waals surface area contributed by atoms with Crippen LogP contribution in [0.15, 0.2) is 174 Å². The molecular weight excluding hydrogens is 695 g/mol. The number of nitriles is 1. The summed E-state index contributed by atoms with van der Waals surface area (Å²) < 4.78 is 9.83. The Labute approximate surface area is 320 Å². The van der Waals surface area contributed by atoms with Gasteiger partial charge in [0.1, 0.15) is 0 Å².